The van der Waals surface area contributed by atoms with Gasteiger partial charge in [-0.25, -0.2) is 0 Å². The molecule has 1 fully saturated rings. The van der Waals surface area contributed by atoms with E-state index in [-0.39, 0.29) is 5.91 Å². The van der Waals surface area contributed by atoms with Crippen LogP contribution in [0.5, 0.6) is 0 Å². The summed E-state index contributed by atoms with van der Waals surface area (Å²) >= 11 is 3.44. The number of carbonyl (C=O) groups is 1. The van der Waals surface area contributed by atoms with Crippen LogP contribution in [0.15, 0.2) is 16.7 Å². The molecule has 0 unspecified atom stereocenters. The standard InChI is InChI=1S/C15H25BrN4O/c1-2-7-20-12-13(16)11-14(20)15(21)18-4-3-8-19-9-5-17-6-10-19/h11-12,17H,2-10H2,1H3,(H,18,21). The fourth-order valence-electron chi connectivity index (χ4n) is 2.62. The monoisotopic (exact) mass is 356 g/mol. The Morgan fingerprint density at radius 2 is 2.14 bits per heavy atom. The van der Waals surface area contributed by atoms with E-state index in [1.807, 2.05) is 16.8 Å². The zero-order valence-electron chi connectivity index (χ0n) is 12.7. The minimum absolute atomic E-state index is 0.0226. The summed E-state index contributed by atoms with van der Waals surface area (Å²) in [4.78, 5) is 14.7. The molecular weight excluding hydrogens is 332 g/mol. The maximum Gasteiger partial charge on any atom is 0.267 e. The number of aromatic nitrogens is 1. The number of hydrogen-bond acceptors (Lipinski definition) is 3. The molecule has 118 valence electrons. The number of aryl methyl sites for hydroxylation is 1. The van der Waals surface area contributed by atoms with E-state index in [0.29, 0.717) is 0 Å². The summed E-state index contributed by atoms with van der Waals surface area (Å²) in [5.41, 5.74) is 0.742. The van der Waals surface area contributed by atoms with Gasteiger partial charge in [0, 0.05) is 49.9 Å². The van der Waals surface area contributed by atoms with Crippen molar-refractivity contribution >= 4 is 21.8 Å². The van der Waals surface area contributed by atoms with Crippen molar-refractivity contribution in [3.8, 4) is 0 Å². The smallest absolute Gasteiger partial charge is 0.267 e. The first-order valence-electron chi connectivity index (χ1n) is 7.77. The highest BCUT2D eigenvalue weighted by molar-refractivity contribution is 9.10. The molecule has 6 heteroatoms. The summed E-state index contributed by atoms with van der Waals surface area (Å²) in [5.74, 6) is 0.0226. The molecule has 0 aliphatic carbocycles. The Kier molecular flexibility index (Phi) is 6.73. The van der Waals surface area contributed by atoms with Crippen molar-refractivity contribution in [3.63, 3.8) is 0 Å². The first kappa shape index (κ1) is 16.5. The average Bonchev–Trinajstić information content (AvgIpc) is 2.86. The average molecular weight is 357 g/mol. The molecule has 2 heterocycles. The zero-order chi connectivity index (χ0) is 15.1. The van der Waals surface area contributed by atoms with Crippen LogP contribution in [-0.2, 0) is 6.54 Å². The molecule has 2 N–H and O–H groups in total. The van der Waals surface area contributed by atoms with Crippen LogP contribution in [0.1, 0.15) is 30.3 Å². The number of nitrogens with one attached hydrogen (secondary N) is 2. The van der Waals surface area contributed by atoms with Crippen molar-refractivity contribution < 1.29 is 4.79 Å². The van der Waals surface area contributed by atoms with Gasteiger partial charge in [0.15, 0.2) is 0 Å². The normalized spacial score (nSPS) is 16.1. The van der Waals surface area contributed by atoms with E-state index in [9.17, 15) is 4.79 Å². The van der Waals surface area contributed by atoms with Crippen LogP contribution in [-0.4, -0.2) is 54.6 Å². The van der Waals surface area contributed by atoms with E-state index in [0.717, 1.165) is 68.8 Å². The van der Waals surface area contributed by atoms with Crippen LogP contribution in [0.2, 0.25) is 0 Å². The van der Waals surface area contributed by atoms with Gasteiger partial charge in [-0.1, -0.05) is 6.92 Å². The molecule has 0 radical (unpaired) electrons. The van der Waals surface area contributed by atoms with Gasteiger partial charge in [-0.15, -0.1) is 0 Å². The Balaban J connectivity index is 1.73. The molecule has 1 aliphatic rings. The van der Waals surface area contributed by atoms with Crippen LogP contribution in [0, 0.1) is 0 Å². The van der Waals surface area contributed by atoms with Gasteiger partial charge in [-0.2, -0.15) is 0 Å². The molecule has 1 aromatic rings. The predicted molar refractivity (Wildman–Crippen MR) is 88.7 cm³/mol. The topological polar surface area (TPSA) is 49.3 Å². The second-order valence-corrected chi connectivity index (χ2v) is 6.35. The highest BCUT2D eigenvalue weighted by Crippen LogP contribution is 2.15. The third-order valence-electron chi connectivity index (χ3n) is 3.71. The number of piperazine rings is 1. The highest BCUT2D eigenvalue weighted by Gasteiger charge is 2.13. The number of nitrogens with zero attached hydrogens (tertiary/aromatic N) is 2. The summed E-state index contributed by atoms with van der Waals surface area (Å²) in [6.07, 6.45) is 3.99. The summed E-state index contributed by atoms with van der Waals surface area (Å²) in [6, 6.07) is 1.89. The van der Waals surface area contributed by atoms with Crippen molar-refractivity contribution in [2.45, 2.75) is 26.3 Å². The second kappa shape index (κ2) is 8.56. The van der Waals surface area contributed by atoms with E-state index < -0.39 is 0 Å². The molecule has 1 amide bonds. The Hall–Kier alpha value is -0.850. The number of rotatable bonds is 7. The van der Waals surface area contributed by atoms with Crippen molar-refractivity contribution in [3.05, 3.63) is 22.4 Å². The van der Waals surface area contributed by atoms with Crippen LogP contribution in [0.4, 0.5) is 0 Å². The second-order valence-electron chi connectivity index (χ2n) is 5.44. The summed E-state index contributed by atoms with van der Waals surface area (Å²) in [7, 11) is 0. The van der Waals surface area contributed by atoms with Crippen LogP contribution < -0.4 is 10.6 Å². The van der Waals surface area contributed by atoms with E-state index in [1.165, 1.54) is 0 Å². The van der Waals surface area contributed by atoms with E-state index in [1.54, 1.807) is 0 Å². The van der Waals surface area contributed by atoms with Crippen LogP contribution >= 0.6 is 15.9 Å². The fourth-order valence-corrected chi connectivity index (χ4v) is 3.08. The molecule has 0 bridgehead atoms. The summed E-state index contributed by atoms with van der Waals surface area (Å²) < 4.78 is 2.97. The van der Waals surface area contributed by atoms with E-state index in [2.05, 4.69) is 38.4 Å². The van der Waals surface area contributed by atoms with Crippen molar-refractivity contribution in [2.75, 3.05) is 39.3 Å². The fraction of sp³-hybridized carbons (Fsp3) is 0.667. The quantitative estimate of drug-likeness (QED) is 0.731. The largest absolute Gasteiger partial charge is 0.351 e. The highest BCUT2D eigenvalue weighted by atomic mass is 79.9. The van der Waals surface area contributed by atoms with Gasteiger partial charge < -0.3 is 20.1 Å². The van der Waals surface area contributed by atoms with Gasteiger partial charge in [0.05, 0.1) is 0 Å². The van der Waals surface area contributed by atoms with Gasteiger partial charge in [0.2, 0.25) is 0 Å². The molecule has 21 heavy (non-hydrogen) atoms. The maximum atomic E-state index is 12.2. The minimum Gasteiger partial charge on any atom is -0.351 e. The Bertz CT molecular complexity index is 455. The third kappa shape index (κ3) is 5.13. The SMILES string of the molecule is CCCn1cc(Br)cc1C(=O)NCCCN1CCNCC1. The lowest BCUT2D eigenvalue weighted by Crippen LogP contribution is -2.44. The summed E-state index contributed by atoms with van der Waals surface area (Å²) in [5, 5.41) is 6.37. The van der Waals surface area contributed by atoms with Crippen molar-refractivity contribution in [1.29, 1.82) is 0 Å². The molecule has 0 aromatic carbocycles. The molecule has 0 atom stereocenters. The number of hydrogen-bond donors (Lipinski definition) is 2. The predicted octanol–water partition coefficient (Wildman–Crippen LogP) is 1.69. The molecule has 0 saturated carbocycles. The lowest BCUT2D eigenvalue weighted by atomic mass is 10.3. The van der Waals surface area contributed by atoms with Crippen LogP contribution in [0.25, 0.3) is 0 Å². The van der Waals surface area contributed by atoms with Gasteiger partial charge in [0.1, 0.15) is 5.69 Å². The first-order chi connectivity index (χ1) is 10.2. The number of carbonyl (C=O) groups excluding carboxylic acids is 1. The molecule has 2 rings (SSSR count). The molecule has 1 aliphatic heterocycles. The number of halogens is 1. The molecule has 0 spiro atoms. The lowest BCUT2D eigenvalue weighted by molar-refractivity contribution is 0.0942. The van der Waals surface area contributed by atoms with E-state index >= 15 is 0 Å². The van der Waals surface area contributed by atoms with Gasteiger partial charge in [-0.05, 0) is 41.4 Å². The lowest BCUT2D eigenvalue weighted by Gasteiger charge is -2.27. The molecule has 1 saturated heterocycles. The van der Waals surface area contributed by atoms with Gasteiger partial charge in [-0.3, -0.25) is 4.79 Å². The zero-order valence-corrected chi connectivity index (χ0v) is 14.3. The molecule has 1 aromatic heterocycles. The minimum atomic E-state index is 0.0226. The maximum absolute atomic E-state index is 12.2. The van der Waals surface area contributed by atoms with Gasteiger partial charge in [0.25, 0.3) is 5.91 Å². The van der Waals surface area contributed by atoms with Crippen LogP contribution in [0.3, 0.4) is 0 Å². The Labute approximate surface area is 135 Å². The van der Waals surface area contributed by atoms with Gasteiger partial charge >= 0.3 is 0 Å². The molecular formula is C15H25BrN4O. The van der Waals surface area contributed by atoms with Crippen molar-refractivity contribution in [1.82, 2.24) is 20.1 Å². The first-order valence-corrected chi connectivity index (χ1v) is 8.57. The third-order valence-corrected chi connectivity index (χ3v) is 4.14. The Morgan fingerprint density at radius 3 is 2.86 bits per heavy atom. The summed E-state index contributed by atoms with van der Waals surface area (Å²) in [6.45, 7) is 9.15. The number of amides is 1. The van der Waals surface area contributed by atoms with E-state index in [4.69, 9.17) is 0 Å². The van der Waals surface area contributed by atoms with Crippen molar-refractivity contribution in [2.24, 2.45) is 0 Å². The Morgan fingerprint density at radius 1 is 1.38 bits per heavy atom. The molecule has 5 nitrogen and oxygen atoms in total.